The van der Waals surface area contributed by atoms with Crippen LogP contribution in [0.5, 0.6) is 5.75 Å². The van der Waals surface area contributed by atoms with E-state index in [2.05, 4.69) is 11.8 Å². The molecule has 0 saturated heterocycles. The van der Waals surface area contributed by atoms with E-state index in [4.69, 9.17) is 9.84 Å². The largest absolute Gasteiger partial charge is 0.490 e. The average Bonchev–Trinajstić information content (AvgIpc) is 2.26. The van der Waals surface area contributed by atoms with Crippen LogP contribution in [0.4, 0.5) is 0 Å². The molecule has 16 heavy (non-hydrogen) atoms. The Balaban J connectivity index is 1.92. The molecule has 0 aromatic heterocycles. The normalized spacial score (nSPS) is 22.9. The van der Waals surface area contributed by atoms with E-state index in [1.165, 1.54) is 0 Å². The van der Waals surface area contributed by atoms with Gasteiger partial charge in [0, 0.05) is 24.8 Å². The summed E-state index contributed by atoms with van der Waals surface area (Å²) in [7, 11) is 0. The quantitative estimate of drug-likeness (QED) is 0.769. The molecule has 0 heterocycles. The van der Waals surface area contributed by atoms with Crippen LogP contribution < -0.4 is 4.74 Å². The van der Waals surface area contributed by atoms with Gasteiger partial charge in [0.1, 0.15) is 11.9 Å². The molecule has 0 aliphatic heterocycles. The SMILES string of the molecule is CCC#Cc1ccc(OC2CC(O)C2)cc1. The van der Waals surface area contributed by atoms with Crippen molar-refractivity contribution in [2.75, 3.05) is 0 Å². The first-order valence-corrected chi connectivity index (χ1v) is 5.71. The Morgan fingerprint density at radius 3 is 2.56 bits per heavy atom. The molecule has 0 unspecified atom stereocenters. The van der Waals surface area contributed by atoms with Crippen molar-refractivity contribution >= 4 is 0 Å². The standard InChI is InChI=1S/C14H16O2/c1-2-3-4-11-5-7-13(8-6-11)16-14-9-12(15)10-14/h5-8,12,14-15H,2,9-10H2,1H3. The van der Waals surface area contributed by atoms with Gasteiger partial charge in [-0.05, 0) is 24.3 Å². The zero-order chi connectivity index (χ0) is 11.4. The molecule has 0 atom stereocenters. The predicted molar refractivity (Wildman–Crippen MR) is 63.3 cm³/mol. The van der Waals surface area contributed by atoms with Crippen LogP contribution in [-0.4, -0.2) is 17.3 Å². The van der Waals surface area contributed by atoms with Crippen molar-refractivity contribution in [3.63, 3.8) is 0 Å². The molecule has 1 saturated carbocycles. The third-order valence-corrected chi connectivity index (χ3v) is 2.64. The van der Waals surface area contributed by atoms with Gasteiger partial charge < -0.3 is 9.84 Å². The molecule has 1 aromatic rings. The Kier molecular flexibility index (Phi) is 3.48. The van der Waals surface area contributed by atoms with E-state index in [-0.39, 0.29) is 12.2 Å². The minimum absolute atomic E-state index is 0.167. The third-order valence-electron chi connectivity index (χ3n) is 2.64. The summed E-state index contributed by atoms with van der Waals surface area (Å²) in [5.74, 6) is 6.95. The fourth-order valence-corrected chi connectivity index (χ4v) is 1.63. The minimum Gasteiger partial charge on any atom is -0.490 e. The first-order chi connectivity index (χ1) is 7.78. The lowest BCUT2D eigenvalue weighted by atomic mass is 9.92. The number of rotatable bonds is 2. The fourth-order valence-electron chi connectivity index (χ4n) is 1.63. The van der Waals surface area contributed by atoms with E-state index in [0.717, 1.165) is 30.6 Å². The van der Waals surface area contributed by atoms with Gasteiger partial charge in [-0.3, -0.25) is 0 Å². The van der Waals surface area contributed by atoms with E-state index in [9.17, 15) is 0 Å². The number of benzene rings is 1. The van der Waals surface area contributed by atoms with Gasteiger partial charge in [-0.15, -0.1) is 0 Å². The molecule has 0 spiro atoms. The molecule has 2 heteroatoms. The van der Waals surface area contributed by atoms with Crippen LogP contribution in [0.15, 0.2) is 24.3 Å². The lowest BCUT2D eigenvalue weighted by molar-refractivity contribution is -0.0107. The maximum absolute atomic E-state index is 9.14. The van der Waals surface area contributed by atoms with Crippen molar-refractivity contribution in [3.8, 4) is 17.6 Å². The number of ether oxygens (including phenoxy) is 1. The van der Waals surface area contributed by atoms with Gasteiger partial charge in [0.05, 0.1) is 6.10 Å². The summed E-state index contributed by atoms with van der Waals surface area (Å²) in [6.45, 7) is 2.03. The van der Waals surface area contributed by atoms with Crippen LogP contribution in [0, 0.1) is 11.8 Å². The summed E-state index contributed by atoms with van der Waals surface area (Å²) in [6, 6.07) is 7.80. The molecule has 2 rings (SSSR count). The van der Waals surface area contributed by atoms with E-state index < -0.39 is 0 Å². The Hall–Kier alpha value is -1.46. The van der Waals surface area contributed by atoms with Crippen LogP contribution in [0.25, 0.3) is 0 Å². The van der Waals surface area contributed by atoms with Crippen molar-refractivity contribution < 1.29 is 9.84 Å². The van der Waals surface area contributed by atoms with Gasteiger partial charge in [0.2, 0.25) is 0 Å². The minimum atomic E-state index is -0.167. The summed E-state index contributed by atoms with van der Waals surface area (Å²) in [6.07, 6.45) is 2.38. The molecule has 0 bridgehead atoms. The van der Waals surface area contributed by atoms with Crippen LogP contribution in [0.1, 0.15) is 31.7 Å². The second-order valence-electron chi connectivity index (χ2n) is 4.04. The molecule has 2 nitrogen and oxygen atoms in total. The molecule has 0 amide bonds. The summed E-state index contributed by atoms with van der Waals surface area (Å²) in [4.78, 5) is 0. The molecule has 84 valence electrons. The van der Waals surface area contributed by atoms with E-state index >= 15 is 0 Å². The van der Waals surface area contributed by atoms with Gasteiger partial charge in [-0.25, -0.2) is 0 Å². The van der Waals surface area contributed by atoms with Crippen LogP contribution in [0.2, 0.25) is 0 Å². The number of hydrogen-bond donors (Lipinski definition) is 1. The van der Waals surface area contributed by atoms with Crippen molar-refractivity contribution in [2.24, 2.45) is 0 Å². The van der Waals surface area contributed by atoms with E-state index in [1.807, 2.05) is 31.2 Å². The molecule has 0 radical (unpaired) electrons. The monoisotopic (exact) mass is 216 g/mol. The summed E-state index contributed by atoms with van der Waals surface area (Å²) in [5, 5.41) is 9.14. The van der Waals surface area contributed by atoms with Gasteiger partial charge >= 0.3 is 0 Å². The zero-order valence-electron chi connectivity index (χ0n) is 9.44. The highest BCUT2D eigenvalue weighted by Gasteiger charge is 2.28. The highest BCUT2D eigenvalue weighted by Crippen LogP contribution is 2.25. The average molecular weight is 216 g/mol. The lowest BCUT2D eigenvalue weighted by Crippen LogP contribution is -2.37. The van der Waals surface area contributed by atoms with E-state index in [0.29, 0.717) is 0 Å². The van der Waals surface area contributed by atoms with Gasteiger partial charge in [0.25, 0.3) is 0 Å². The second kappa shape index (κ2) is 5.05. The predicted octanol–water partition coefficient (Wildman–Crippen LogP) is 2.35. The summed E-state index contributed by atoms with van der Waals surface area (Å²) >= 11 is 0. The van der Waals surface area contributed by atoms with Gasteiger partial charge in [0.15, 0.2) is 0 Å². The highest BCUT2D eigenvalue weighted by molar-refractivity contribution is 5.38. The zero-order valence-corrected chi connectivity index (χ0v) is 9.44. The molecule has 1 N–H and O–H groups in total. The van der Waals surface area contributed by atoms with Crippen molar-refractivity contribution in [1.29, 1.82) is 0 Å². The van der Waals surface area contributed by atoms with E-state index in [1.54, 1.807) is 0 Å². The Labute approximate surface area is 96.3 Å². The summed E-state index contributed by atoms with van der Waals surface area (Å²) < 4.78 is 5.67. The second-order valence-corrected chi connectivity index (χ2v) is 4.04. The Bertz CT molecular complexity index is 391. The first kappa shape index (κ1) is 11.0. The fraction of sp³-hybridized carbons (Fsp3) is 0.429. The molecule has 1 fully saturated rings. The van der Waals surface area contributed by atoms with Crippen molar-refractivity contribution in [2.45, 2.75) is 38.4 Å². The highest BCUT2D eigenvalue weighted by atomic mass is 16.5. The van der Waals surface area contributed by atoms with Gasteiger partial charge in [-0.1, -0.05) is 18.8 Å². The van der Waals surface area contributed by atoms with Crippen molar-refractivity contribution in [1.82, 2.24) is 0 Å². The van der Waals surface area contributed by atoms with Gasteiger partial charge in [-0.2, -0.15) is 0 Å². The van der Waals surface area contributed by atoms with Crippen LogP contribution in [0.3, 0.4) is 0 Å². The topological polar surface area (TPSA) is 29.5 Å². The number of aliphatic hydroxyl groups is 1. The van der Waals surface area contributed by atoms with Crippen LogP contribution in [-0.2, 0) is 0 Å². The molecule has 1 aliphatic rings. The molecular weight excluding hydrogens is 200 g/mol. The molecule has 1 aliphatic carbocycles. The molecular formula is C14H16O2. The van der Waals surface area contributed by atoms with Crippen LogP contribution >= 0.6 is 0 Å². The smallest absolute Gasteiger partial charge is 0.119 e. The Morgan fingerprint density at radius 1 is 1.31 bits per heavy atom. The maximum atomic E-state index is 9.14. The summed E-state index contributed by atoms with van der Waals surface area (Å²) in [5.41, 5.74) is 1.02. The number of hydrogen-bond acceptors (Lipinski definition) is 2. The first-order valence-electron chi connectivity index (χ1n) is 5.71. The number of aliphatic hydroxyl groups excluding tert-OH is 1. The molecule has 1 aromatic carbocycles. The van der Waals surface area contributed by atoms with Crippen molar-refractivity contribution in [3.05, 3.63) is 29.8 Å². The Morgan fingerprint density at radius 2 is 2.00 bits per heavy atom. The maximum Gasteiger partial charge on any atom is 0.119 e. The third kappa shape index (κ3) is 2.77. The lowest BCUT2D eigenvalue weighted by Gasteiger charge is -2.31.